The lowest BCUT2D eigenvalue weighted by Gasteiger charge is -2.33. The normalized spacial score (nSPS) is 19.8. The number of hydrogen-bond acceptors (Lipinski definition) is 6. The van der Waals surface area contributed by atoms with Crippen LogP contribution in [0.4, 0.5) is 4.39 Å². The van der Waals surface area contributed by atoms with Gasteiger partial charge in [-0.15, -0.1) is 0 Å². The Morgan fingerprint density at radius 3 is 2.63 bits per heavy atom. The van der Waals surface area contributed by atoms with E-state index in [4.69, 9.17) is 4.74 Å². The summed E-state index contributed by atoms with van der Waals surface area (Å²) in [5, 5.41) is 13.3. The molecule has 0 aliphatic carbocycles. The van der Waals surface area contributed by atoms with E-state index >= 15 is 0 Å². The van der Waals surface area contributed by atoms with Crippen molar-refractivity contribution in [2.24, 2.45) is 0 Å². The minimum atomic E-state index is -4.04. The van der Waals surface area contributed by atoms with Crippen LogP contribution in [0.1, 0.15) is 32.8 Å². The number of rotatable bonds is 6. The van der Waals surface area contributed by atoms with Gasteiger partial charge in [0.1, 0.15) is 11.4 Å². The highest BCUT2D eigenvalue weighted by molar-refractivity contribution is 7.88. The molecule has 1 aromatic carbocycles. The molecule has 0 bridgehead atoms. The molecule has 1 unspecified atom stereocenters. The molecule has 0 aromatic heterocycles. The summed E-state index contributed by atoms with van der Waals surface area (Å²) in [6.45, 7) is 5.03. The predicted molar refractivity (Wildman–Crippen MR) is 97.9 cm³/mol. The van der Waals surface area contributed by atoms with Crippen LogP contribution in [0.15, 0.2) is 48.3 Å². The van der Waals surface area contributed by atoms with E-state index in [9.17, 15) is 22.7 Å². The summed E-state index contributed by atoms with van der Waals surface area (Å²) in [5.41, 5.74) is -2.93. The Morgan fingerprint density at radius 1 is 1.33 bits per heavy atom. The SMILES string of the molecule is CC(C)(C)OC(=O)CC1(O)NC=CC=C1NS(=O)(=O)Cc1ccccc1F. The second-order valence-corrected chi connectivity index (χ2v) is 8.88. The van der Waals surface area contributed by atoms with Gasteiger partial charge in [0.05, 0.1) is 17.9 Å². The maximum absolute atomic E-state index is 13.7. The minimum Gasteiger partial charge on any atom is -0.460 e. The van der Waals surface area contributed by atoms with Crippen LogP contribution in [0.25, 0.3) is 0 Å². The van der Waals surface area contributed by atoms with Gasteiger partial charge in [0, 0.05) is 5.56 Å². The Kier molecular flexibility index (Phi) is 5.96. The monoisotopic (exact) mass is 398 g/mol. The lowest BCUT2D eigenvalue weighted by Crippen LogP contribution is -2.52. The summed E-state index contributed by atoms with van der Waals surface area (Å²) in [4.78, 5) is 12.1. The van der Waals surface area contributed by atoms with Crippen molar-refractivity contribution in [2.75, 3.05) is 0 Å². The molecule has 0 spiro atoms. The molecule has 1 aliphatic rings. The summed E-state index contributed by atoms with van der Waals surface area (Å²) in [5.74, 6) is -1.99. The van der Waals surface area contributed by atoms with Gasteiger partial charge in [-0.2, -0.15) is 0 Å². The average Bonchev–Trinajstić information content (AvgIpc) is 2.49. The molecule has 1 atom stereocenters. The Morgan fingerprint density at radius 2 is 2.00 bits per heavy atom. The zero-order valence-electron chi connectivity index (χ0n) is 15.3. The predicted octanol–water partition coefficient (Wildman–Crippen LogP) is 1.67. The van der Waals surface area contributed by atoms with Crippen molar-refractivity contribution in [3.63, 3.8) is 0 Å². The van der Waals surface area contributed by atoms with Crippen LogP contribution in [-0.4, -0.2) is 30.8 Å². The van der Waals surface area contributed by atoms with Crippen molar-refractivity contribution in [1.82, 2.24) is 10.0 Å². The zero-order chi connectivity index (χ0) is 20.3. The highest BCUT2D eigenvalue weighted by Gasteiger charge is 2.38. The Labute approximate surface area is 158 Å². The van der Waals surface area contributed by atoms with E-state index in [0.717, 1.165) is 6.07 Å². The fourth-order valence-electron chi connectivity index (χ4n) is 2.42. The molecule has 7 nitrogen and oxygen atoms in total. The van der Waals surface area contributed by atoms with E-state index in [2.05, 4.69) is 10.0 Å². The van der Waals surface area contributed by atoms with Gasteiger partial charge in [0.15, 0.2) is 5.72 Å². The van der Waals surface area contributed by atoms with Crippen molar-refractivity contribution in [1.29, 1.82) is 0 Å². The number of ether oxygens (including phenoxy) is 1. The summed E-state index contributed by atoms with van der Waals surface area (Å²) in [6, 6.07) is 5.50. The number of carbonyl (C=O) groups excluding carboxylic acids is 1. The van der Waals surface area contributed by atoms with E-state index in [0.29, 0.717) is 0 Å². The first-order valence-corrected chi connectivity index (χ1v) is 9.89. The molecule has 0 saturated heterocycles. The average molecular weight is 398 g/mol. The Bertz CT molecular complexity index is 874. The molecule has 0 fully saturated rings. The number of aliphatic hydroxyl groups is 1. The number of allylic oxidation sites excluding steroid dienone is 2. The highest BCUT2D eigenvalue weighted by atomic mass is 32.2. The lowest BCUT2D eigenvalue weighted by atomic mass is 10.0. The smallest absolute Gasteiger partial charge is 0.311 e. The molecule has 1 heterocycles. The van der Waals surface area contributed by atoms with Gasteiger partial charge < -0.3 is 15.2 Å². The molecule has 1 aliphatic heterocycles. The summed E-state index contributed by atoms with van der Waals surface area (Å²) < 4.78 is 46.0. The fraction of sp³-hybridized carbons (Fsp3) is 0.389. The topological polar surface area (TPSA) is 105 Å². The zero-order valence-corrected chi connectivity index (χ0v) is 16.1. The third kappa shape index (κ3) is 6.07. The van der Waals surface area contributed by atoms with Gasteiger partial charge in [0.25, 0.3) is 0 Å². The van der Waals surface area contributed by atoms with E-state index in [-0.39, 0.29) is 11.3 Å². The Balaban J connectivity index is 2.17. The quantitative estimate of drug-likeness (QED) is 0.630. The van der Waals surface area contributed by atoms with Crippen molar-refractivity contribution in [2.45, 2.75) is 44.3 Å². The number of dihydropyridines is 1. The maximum Gasteiger partial charge on any atom is 0.311 e. The number of hydrogen-bond donors (Lipinski definition) is 3. The van der Waals surface area contributed by atoms with Gasteiger partial charge in [-0.3, -0.25) is 9.52 Å². The number of benzene rings is 1. The van der Waals surface area contributed by atoms with Crippen molar-refractivity contribution >= 4 is 16.0 Å². The molecular weight excluding hydrogens is 375 g/mol. The molecule has 3 N–H and O–H groups in total. The molecule has 27 heavy (non-hydrogen) atoms. The van der Waals surface area contributed by atoms with Gasteiger partial charge in [0.2, 0.25) is 10.0 Å². The van der Waals surface area contributed by atoms with Crippen LogP contribution in [0.5, 0.6) is 0 Å². The standard InChI is InChI=1S/C18H23FN2O5S/c1-17(2,3)26-16(22)11-18(23)15(9-6-10-20-18)21-27(24,25)12-13-7-4-5-8-14(13)19/h4-10,20-21,23H,11-12H2,1-3H3. The number of halogens is 1. The first kappa shape index (κ1) is 20.9. The van der Waals surface area contributed by atoms with Gasteiger partial charge in [-0.25, -0.2) is 12.8 Å². The number of sulfonamides is 1. The lowest BCUT2D eigenvalue weighted by molar-refractivity contribution is -0.159. The van der Waals surface area contributed by atoms with Gasteiger partial charge in [-0.1, -0.05) is 18.2 Å². The summed E-state index contributed by atoms with van der Waals surface area (Å²) in [6.07, 6.45) is 3.63. The molecule has 9 heteroatoms. The van der Waals surface area contributed by atoms with E-state index in [1.54, 1.807) is 20.8 Å². The van der Waals surface area contributed by atoms with E-state index < -0.39 is 45.3 Å². The van der Waals surface area contributed by atoms with E-state index in [1.165, 1.54) is 36.6 Å². The van der Waals surface area contributed by atoms with Crippen LogP contribution in [0.2, 0.25) is 0 Å². The summed E-state index contributed by atoms with van der Waals surface area (Å²) in [7, 11) is -4.04. The largest absolute Gasteiger partial charge is 0.460 e. The minimum absolute atomic E-state index is 0.0133. The van der Waals surface area contributed by atoms with Crippen molar-refractivity contribution < 1.29 is 27.4 Å². The first-order chi connectivity index (χ1) is 12.4. The first-order valence-electron chi connectivity index (χ1n) is 8.23. The third-order valence-electron chi connectivity index (χ3n) is 3.52. The van der Waals surface area contributed by atoms with Crippen molar-refractivity contribution in [3.8, 4) is 0 Å². The molecule has 2 rings (SSSR count). The van der Waals surface area contributed by atoms with Crippen LogP contribution < -0.4 is 10.0 Å². The fourth-order valence-corrected chi connectivity index (χ4v) is 3.71. The molecular formula is C18H23FN2O5S. The maximum atomic E-state index is 13.7. The van der Waals surface area contributed by atoms with Gasteiger partial charge >= 0.3 is 5.97 Å². The second-order valence-electron chi connectivity index (χ2n) is 7.16. The number of esters is 1. The van der Waals surface area contributed by atoms with Crippen molar-refractivity contribution in [3.05, 3.63) is 59.7 Å². The van der Waals surface area contributed by atoms with Crippen LogP contribution >= 0.6 is 0 Å². The second kappa shape index (κ2) is 7.69. The molecule has 0 radical (unpaired) electrons. The number of nitrogens with one attached hydrogen (secondary N) is 2. The summed E-state index contributed by atoms with van der Waals surface area (Å²) >= 11 is 0. The van der Waals surface area contributed by atoms with Crippen LogP contribution in [0, 0.1) is 5.82 Å². The Hall–Kier alpha value is -2.39. The third-order valence-corrected chi connectivity index (χ3v) is 4.74. The van der Waals surface area contributed by atoms with Crippen LogP contribution in [-0.2, 0) is 25.3 Å². The van der Waals surface area contributed by atoms with Crippen LogP contribution in [0.3, 0.4) is 0 Å². The van der Waals surface area contributed by atoms with E-state index in [1.807, 2.05) is 0 Å². The molecule has 148 valence electrons. The highest BCUT2D eigenvalue weighted by Crippen LogP contribution is 2.23. The van der Waals surface area contributed by atoms with Gasteiger partial charge in [-0.05, 0) is 45.2 Å². The molecule has 1 aromatic rings. The molecule has 0 saturated carbocycles. The molecule has 0 amide bonds. The number of carbonyl (C=O) groups is 1.